The van der Waals surface area contributed by atoms with Gasteiger partial charge in [-0.05, 0) is 61.3 Å². The molecule has 0 radical (unpaired) electrons. The van der Waals surface area contributed by atoms with Gasteiger partial charge in [0.2, 0.25) is 5.88 Å². The molecule has 2 aliphatic rings. The second-order valence-corrected chi connectivity index (χ2v) is 9.67. The number of methoxy groups -OCH3 is 1. The number of hydrogen-bond donors (Lipinski definition) is 4. The Morgan fingerprint density at radius 2 is 2.05 bits per heavy atom. The number of nitrogens with one attached hydrogen (secondary N) is 2. The Morgan fingerprint density at radius 1 is 1.24 bits per heavy atom. The van der Waals surface area contributed by atoms with Crippen LogP contribution in [0.1, 0.15) is 53.9 Å². The summed E-state index contributed by atoms with van der Waals surface area (Å²) >= 11 is 0. The predicted molar refractivity (Wildman–Crippen MR) is 140 cm³/mol. The largest absolute Gasteiger partial charge is 0.481 e. The third kappa shape index (κ3) is 7.42. The lowest BCUT2D eigenvalue weighted by Gasteiger charge is -2.33. The van der Waals surface area contributed by atoms with E-state index in [0.29, 0.717) is 49.5 Å². The van der Waals surface area contributed by atoms with E-state index in [1.807, 2.05) is 35.2 Å². The molecule has 0 bridgehead atoms. The van der Waals surface area contributed by atoms with Crippen LogP contribution in [-0.4, -0.2) is 77.3 Å². The number of aliphatic imine (C=N–C) groups is 1. The Kier molecular flexibility index (Phi) is 8.95. The van der Waals surface area contributed by atoms with Gasteiger partial charge in [0.05, 0.1) is 26.2 Å². The highest BCUT2D eigenvalue weighted by Crippen LogP contribution is 2.31. The van der Waals surface area contributed by atoms with E-state index in [0.717, 1.165) is 36.9 Å². The van der Waals surface area contributed by atoms with Crippen molar-refractivity contribution in [1.29, 1.82) is 0 Å². The molecule has 198 valence electrons. The number of benzene rings is 1. The molecule has 0 spiro atoms. The molecule has 4 rings (SSSR count). The normalized spacial score (nSPS) is 18.9. The molecule has 4 N–H and O–H groups in total. The highest BCUT2D eigenvalue weighted by Gasteiger charge is 2.25. The molecule has 10 nitrogen and oxygen atoms in total. The number of β-amino-alcohol motifs (C(OH)–C–C–N with tert-alkyl or cyclic N) is 1. The van der Waals surface area contributed by atoms with Crippen LogP contribution in [0.25, 0.3) is 0 Å². The number of amides is 1. The van der Waals surface area contributed by atoms with E-state index in [2.05, 4.69) is 20.6 Å². The van der Waals surface area contributed by atoms with Gasteiger partial charge in [-0.3, -0.25) is 14.6 Å². The SMILES string of the molecule is COc1ccc(C(CCC2CCN(C(=O)c3cccc(NC4=NCC(O)CN4)c3)CC2)CC(=O)O)cn1. The first-order valence-corrected chi connectivity index (χ1v) is 12.8. The fraction of sp³-hybridized carbons (Fsp3) is 0.481. The Hall–Kier alpha value is -3.66. The van der Waals surface area contributed by atoms with Gasteiger partial charge < -0.3 is 30.5 Å². The van der Waals surface area contributed by atoms with E-state index in [9.17, 15) is 19.8 Å². The molecule has 2 aromatic rings. The molecular weight excluding hydrogens is 474 g/mol. The minimum atomic E-state index is -0.818. The topological polar surface area (TPSA) is 136 Å². The van der Waals surface area contributed by atoms with Crippen LogP contribution in [0.15, 0.2) is 47.6 Å². The zero-order valence-electron chi connectivity index (χ0n) is 21.1. The van der Waals surface area contributed by atoms with Gasteiger partial charge in [0, 0.05) is 43.1 Å². The van der Waals surface area contributed by atoms with Crippen molar-refractivity contribution in [3.8, 4) is 5.88 Å². The number of piperidine rings is 1. The maximum atomic E-state index is 13.2. The predicted octanol–water partition coefficient (Wildman–Crippen LogP) is 2.71. The van der Waals surface area contributed by atoms with Crippen LogP contribution in [0.3, 0.4) is 0 Å². The summed E-state index contributed by atoms with van der Waals surface area (Å²) in [5, 5.41) is 25.2. The van der Waals surface area contributed by atoms with Crippen molar-refractivity contribution in [3.05, 3.63) is 53.7 Å². The van der Waals surface area contributed by atoms with Crippen molar-refractivity contribution < 1.29 is 24.5 Å². The second kappa shape index (κ2) is 12.5. The van der Waals surface area contributed by atoms with Crippen LogP contribution in [0.4, 0.5) is 5.69 Å². The number of hydrogen-bond acceptors (Lipinski definition) is 8. The van der Waals surface area contributed by atoms with E-state index in [1.54, 1.807) is 19.4 Å². The number of anilines is 1. The van der Waals surface area contributed by atoms with E-state index in [-0.39, 0.29) is 18.2 Å². The molecule has 0 saturated carbocycles. The lowest BCUT2D eigenvalue weighted by Crippen LogP contribution is -2.42. The first kappa shape index (κ1) is 26.4. The molecule has 1 fully saturated rings. The van der Waals surface area contributed by atoms with E-state index >= 15 is 0 Å². The summed E-state index contributed by atoms with van der Waals surface area (Å²) in [7, 11) is 1.55. The first-order valence-electron chi connectivity index (χ1n) is 12.8. The van der Waals surface area contributed by atoms with Gasteiger partial charge in [-0.1, -0.05) is 12.1 Å². The molecule has 1 saturated heterocycles. The molecule has 2 unspecified atom stereocenters. The third-order valence-corrected chi connectivity index (χ3v) is 7.02. The van der Waals surface area contributed by atoms with Gasteiger partial charge in [-0.25, -0.2) is 4.98 Å². The van der Waals surface area contributed by atoms with Crippen molar-refractivity contribution in [2.75, 3.05) is 38.6 Å². The number of aliphatic carboxylic acids is 1. The number of carboxylic acids is 1. The number of ether oxygens (including phenoxy) is 1. The Morgan fingerprint density at radius 3 is 2.70 bits per heavy atom. The van der Waals surface area contributed by atoms with Crippen molar-refractivity contribution >= 4 is 23.5 Å². The van der Waals surface area contributed by atoms with Crippen LogP contribution < -0.4 is 15.4 Å². The summed E-state index contributed by atoms with van der Waals surface area (Å²) in [6.45, 7) is 2.15. The van der Waals surface area contributed by atoms with Gasteiger partial charge in [0.15, 0.2) is 5.96 Å². The molecule has 2 atom stereocenters. The van der Waals surface area contributed by atoms with Crippen LogP contribution in [-0.2, 0) is 4.79 Å². The molecule has 2 aliphatic heterocycles. The minimum absolute atomic E-state index is 0.00382. The standard InChI is InChI=1S/C27H35N5O5/c1-37-24-8-7-21(15-28-24)19(14-25(34)35)6-5-18-9-11-32(12-10-18)26(36)20-3-2-4-22(13-20)31-27-29-16-23(33)17-30-27/h2-4,7-8,13,15,18-19,23,33H,5-6,9-12,14,16-17H2,1H3,(H,34,35)(H2,29,30,31). The van der Waals surface area contributed by atoms with Gasteiger partial charge in [0.25, 0.3) is 5.91 Å². The number of aliphatic hydroxyl groups excluding tert-OH is 1. The van der Waals surface area contributed by atoms with Gasteiger partial charge >= 0.3 is 5.97 Å². The smallest absolute Gasteiger partial charge is 0.303 e. The zero-order valence-corrected chi connectivity index (χ0v) is 21.1. The van der Waals surface area contributed by atoms with Crippen molar-refractivity contribution in [2.24, 2.45) is 10.9 Å². The van der Waals surface area contributed by atoms with Gasteiger partial charge in [-0.2, -0.15) is 0 Å². The highest BCUT2D eigenvalue weighted by atomic mass is 16.5. The van der Waals surface area contributed by atoms with E-state index < -0.39 is 12.1 Å². The number of nitrogens with zero attached hydrogens (tertiary/aromatic N) is 3. The average Bonchev–Trinajstić information content (AvgIpc) is 2.92. The molecule has 0 aliphatic carbocycles. The number of carboxylic acid groups (broad SMARTS) is 1. The number of rotatable bonds is 9. The molecule has 37 heavy (non-hydrogen) atoms. The number of guanidine groups is 1. The maximum absolute atomic E-state index is 13.2. The number of pyridine rings is 1. The van der Waals surface area contributed by atoms with Crippen LogP contribution >= 0.6 is 0 Å². The number of aliphatic hydroxyl groups is 1. The number of carbonyl (C=O) groups excluding carboxylic acids is 1. The lowest BCUT2D eigenvalue weighted by atomic mass is 9.85. The molecular formula is C27H35N5O5. The Bertz CT molecular complexity index is 1100. The molecule has 10 heteroatoms. The summed E-state index contributed by atoms with van der Waals surface area (Å²) in [6, 6.07) is 11.0. The minimum Gasteiger partial charge on any atom is -0.481 e. The Labute approximate surface area is 216 Å². The number of carbonyl (C=O) groups is 2. The second-order valence-electron chi connectivity index (χ2n) is 9.67. The summed E-state index contributed by atoms with van der Waals surface area (Å²) < 4.78 is 5.11. The number of likely N-dealkylation sites (tertiary alicyclic amines) is 1. The molecule has 1 aromatic carbocycles. The van der Waals surface area contributed by atoms with Crippen LogP contribution in [0.5, 0.6) is 5.88 Å². The summed E-state index contributed by atoms with van der Waals surface area (Å²) in [4.78, 5) is 35.0. The van der Waals surface area contributed by atoms with Crippen molar-refractivity contribution in [1.82, 2.24) is 15.2 Å². The molecule has 3 heterocycles. The first-order chi connectivity index (χ1) is 17.9. The molecule has 1 aromatic heterocycles. The van der Waals surface area contributed by atoms with Gasteiger partial charge in [0.1, 0.15) is 0 Å². The van der Waals surface area contributed by atoms with Crippen LogP contribution in [0.2, 0.25) is 0 Å². The summed E-state index contributed by atoms with van der Waals surface area (Å²) in [5.41, 5.74) is 2.30. The number of aromatic nitrogens is 1. The quantitative estimate of drug-likeness (QED) is 0.405. The fourth-order valence-corrected chi connectivity index (χ4v) is 4.88. The van der Waals surface area contributed by atoms with Crippen LogP contribution in [0, 0.1) is 5.92 Å². The van der Waals surface area contributed by atoms with Gasteiger partial charge in [-0.15, -0.1) is 0 Å². The van der Waals surface area contributed by atoms with Crippen molar-refractivity contribution in [2.45, 2.75) is 44.1 Å². The summed E-state index contributed by atoms with van der Waals surface area (Å²) in [6.07, 6.45) is 4.76. The fourth-order valence-electron chi connectivity index (χ4n) is 4.88. The van der Waals surface area contributed by atoms with Crippen molar-refractivity contribution in [3.63, 3.8) is 0 Å². The lowest BCUT2D eigenvalue weighted by molar-refractivity contribution is -0.137. The monoisotopic (exact) mass is 509 g/mol. The maximum Gasteiger partial charge on any atom is 0.303 e. The van der Waals surface area contributed by atoms with E-state index in [1.165, 1.54) is 0 Å². The molecule has 1 amide bonds. The average molecular weight is 510 g/mol. The highest BCUT2D eigenvalue weighted by molar-refractivity contribution is 5.98. The summed E-state index contributed by atoms with van der Waals surface area (Å²) in [5.74, 6) is 0.631. The zero-order chi connectivity index (χ0) is 26.2. The third-order valence-electron chi connectivity index (χ3n) is 7.02. The Balaban J connectivity index is 1.28. The van der Waals surface area contributed by atoms with E-state index in [4.69, 9.17) is 4.74 Å².